The fraction of sp³-hybridized carbons (Fsp3) is 0.833. The van der Waals surface area contributed by atoms with E-state index in [1.807, 2.05) is 4.90 Å². The molecule has 0 aliphatic carbocycles. The van der Waals surface area contributed by atoms with Gasteiger partial charge in [0.15, 0.2) is 5.96 Å². The van der Waals surface area contributed by atoms with Crippen LogP contribution < -0.4 is 11.1 Å². The largest absolute Gasteiger partial charge is 0.383 e. The van der Waals surface area contributed by atoms with Crippen molar-refractivity contribution in [2.75, 3.05) is 59.5 Å². The fourth-order valence-electron chi connectivity index (χ4n) is 1.94. The van der Waals surface area contributed by atoms with Crippen LogP contribution in [0.4, 0.5) is 0 Å². The van der Waals surface area contributed by atoms with Crippen molar-refractivity contribution in [1.82, 2.24) is 15.1 Å². The van der Waals surface area contributed by atoms with Crippen LogP contribution in [0.5, 0.6) is 0 Å². The van der Waals surface area contributed by atoms with Gasteiger partial charge in [-0.25, -0.2) is 0 Å². The lowest BCUT2D eigenvalue weighted by Crippen LogP contribution is -2.48. The first kappa shape index (κ1) is 19.4. The average Bonchev–Trinajstić information content (AvgIpc) is 2.39. The molecule has 0 aromatic heterocycles. The number of ether oxygens (including phenoxy) is 1. The quantitative estimate of drug-likeness (QED) is 0.268. The Morgan fingerprint density at radius 3 is 2.55 bits per heavy atom. The zero-order chi connectivity index (χ0) is 14.1. The third kappa shape index (κ3) is 7.85. The Labute approximate surface area is 137 Å². The molecule has 3 N–H and O–H groups in total. The zero-order valence-electron chi connectivity index (χ0n) is 12.3. The molecule has 1 amide bonds. The number of piperazine rings is 1. The van der Waals surface area contributed by atoms with Crippen molar-refractivity contribution in [1.29, 1.82) is 0 Å². The highest BCUT2D eigenvalue weighted by Crippen LogP contribution is 2.01. The van der Waals surface area contributed by atoms with Gasteiger partial charge < -0.3 is 20.7 Å². The maximum atomic E-state index is 11.2. The highest BCUT2D eigenvalue weighted by molar-refractivity contribution is 14.0. The van der Waals surface area contributed by atoms with Crippen LogP contribution in [-0.4, -0.2) is 81.2 Å². The lowest BCUT2D eigenvalue weighted by atomic mass is 10.3. The van der Waals surface area contributed by atoms with Crippen LogP contribution >= 0.6 is 24.0 Å². The van der Waals surface area contributed by atoms with Gasteiger partial charge in [-0.3, -0.25) is 14.7 Å². The van der Waals surface area contributed by atoms with E-state index in [1.54, 1.807) is 14.0 Å². The molecular formula is C12H26IN5O2. The van der Waals surface area contributed by atoms with Crippen molar-refractivity contribution in [3.8, 4) is 0 Å². The van der Waals surface area contributed by atoms with Gasteiger partial charge in [-0.1, -0.05) is 0 Å². The van der Waals surface area contributed by atoms with E-state index in [9.17, 15) is 4.79 Å². The first-order valence-corrected chi connectivity index (χ1v) is 6.64. The third-order valence-corrected chi connectivity index (χ3v) is 3.13. The van der Waals surface area contributed by atoms with E-state index >= 15 is 0 Å². The molecule has 0 bridgehead atoms. The second-order valence-corrected chi connectivity index (χ2v) is 4.53. The van der Waals surface area contributed by atoms with Crippen molar-refractivity contribution in [2.24, 2.45) is 10.7 Å². The first-order chi connectivity index (χ1) is 9.13. The fourth-order valence-corrected chi connectivity index (χ4v) is 1.94. The van der Waals surface area contributed by atoms with Crippen molar-refractivity contribution in [3.05, 3.63) is 0 Å². The summed E-state index contributed by atoms with van der Waals surface area (Å²) < 4.78 is 4.91. The highest BCUT2D eigenvalue weighted by Gasteiger charge is 2.17. The maximum Gasteiger partial charge on any atom is 0.219 e. The van der Waals surface area contributed by atoms with Gasteiger partial charge in [0, 0.05) is 53.3 Å². The number of methoxy groups -OCH3 is 1. The molecule has 1 aliphatic rings. The van der Waals surface area contributed by atoms with Crippen LogP contribution in [0.15, 0.2) is 4.99 Å². The highest BCUT2D eigenvalue weighted by atomic mass is 127. The Balaban J connectivity index is 0.00000361. The molecular weight excluding hydrogens is 373 g/mol. The number of aliphatic imine (C=N–C) groups is 1. The number of guanidine groups is 1. The van der Waals surface area contributed by atoms with E-state index < -0.39 is 0 Å². The van der Waals surface area contributed by atoms with Crippen molar-refractivity contribution < 1.29 is 9.53 Å². The molecule has 0 unspecified atom stereocenters. The van der Waals surface area contributed by atoms with Gasteiger partial charge in [0.1, 0.15) is 0 Å². The summed E-state index contributed by atoms with van der Waals surface area (Å²) in [6, 6.07) is 0. The minimum Gasteiger partial charge on any atom is -0.383 e. The Kier molecular flexibility index (Phi) is 10.8. The molecule has 1 heterocycles. The van der Waals surface area contributed by atoms with Crippen LogP contribution in [0.25, 0.3) is 0 Å². The van der Waals surface area contributed by atoms with Crippen molar-refractivity contribution in [3.63, 3.8) is 0 Å². The molecule has 0 saturated carbocycles. The molecule has 0 spiro atoms. The van der Waals surface area contributed by atoms with Gasteiger partial charge in [0.05, 0.1) is 13.2 Å². The molecule has 1 saturated heterocycles. The van der Waals surface area contributed by atoms with Crippen LogP contribution in [0.3, 0.4) is 0 Å². The van der Waals surface area contributed by atoms with Crippen LogP contribution in [-0.2, 0) is 9.53 Å². The Bertz CT molecular complexity index is 306. The van der Waals surface area contributed by atoms with Gasteiger partial charge in [0.25, 0.3) is 0 Å². The molecule has 8 heteroatoms. The Morgan fingerprint density at radius 2 is 2.00 bits per heavy atom. The van der Waals surface area contributed by atoms with Gasteiger partial charge >= 0.3 is 0 Å². The van der Waals surface area contributed by atoms with Crippen molar-refractivity contribution in [2.45, 2.75) is 6.92 Å². The first-order valence-electron chi connectivity index (χ1n) is 6.64. The third-order valence-electron chi connectivity index (χ3n) is 3.13. The molecule has 118 valence electrons. The minimum absolute atomic E-state index is 0. The summed E-state index contributed by atoms with van der Waals surface area (Å²) >= 11 is 0. The number of nitrogens with two attached hydrogens (primary N) is 1. The number of carbonyl (C=O) groups excluding carboxylic acids is 1. The van der Waals surface area contributed by atoms with E-state index in [0.717, 1.165) is 32.7 Å². The number of hydrogen-bond donors (Lipinski definition) is 2. The summed E-state index contributed by atoms with van der Waals surface area (Å²) in [7, 11) is 1.65. The second-order valence-electron chi connectivity index (χ2n) is 4.53. The Morgan fingerprint density at radius 1 is 1.35 bits per heavy atom. The Hall–Kier alpha value is -0.610. The monoisotopic (exact) mass is 399 g/mol. The average molecular weight is 399 g/mol. The zero-order valence-corrected chi connectivity index (χ0v) is 14.6. The summed E-state index contributed by atoms with van der Waals surface area (Å²) in [6.07, 6.45) is 0. The smallest absolute Gasteiger partial charge is 0.219 e. The van der Waals surface area contributed by atoms with Gasteiger partial charge in [-0.15, -0.1) is 24.0 Å². The van der Waals surface area contributed by atoms with Crippen molar-refractivity contribution >= 4 is 35.8 Å². The molecule has 7 nitrogen and oxygen atoms in total. The van der Waals surface area contributed by atoms with Crippen LogP contribution in [0, 0.1) is 0 Å². The van der Waals surface area contributed by atoms with E-state index in [4.69, 9.17) is 10.5 Å². The molecule has 1 aliphatic heterocycles. The predicted octanol–water partition coefficient (Wildman–Crippen LogP) is -0.681. The second kappa shape index (κ2) is 11.1. The topological polar surface area (TPSA) is 83.2 Å². The summed E-state index contributed by atoms with van der Waals surface area (Å²) in [5.41, 5.74) is 5.70. The maximum absolute atomic E-state index is 11.2. The molecule has 0 radical (unpaired) electrons. The molecule has 1 fully saturated rings. The predicted molar refractivity (Wildman–Crippen MR) is 90.5 cm³/mol. The van der Waals surface area contributed by atoms with E-state index in [0.29, 0.717) is 25.7 Å². The van der Waals surface area contributed by atoms with E-state index in [1.165, 1.54) is 0 Å². The molecule has 20 heavy (non-hydrogen) atoms. The number of halogens is 1. The SMILES string of the molecule is COCCNC(N)=NCCN1CCN(C(C)=O)CC1.I. The lowest BCUT2D eigenvalue weighted by Gasteiger charge is -2.33. The summed E-state index contributed by atoms with van der Waals surface area (Å²) in [4.78, 5) is 19.6. The summed E-state index contributed by atoms with van der Waals surface area (Å²) in [5.74, 6) is 0.615. The minimum atomic E-state index is 0. The molecule has 0 aromatic rings. The lowest BCUT2D eigenvalue weighted by molar-refractivity contribution is -0.130. The molecule has 0 aromatic carbocycles. The number of carbonyl (C=O) groups is 1. The summed E-state index contributed by atoms with van der Waals surface area (Å²) in [6.45, 7) is 7.88. The molecule has 1 rings (SSSR count). The number of nitrogens with one attached hydrogen (secondary N) is 1. The van der Waals surface area contributed by atoms with Gasteiger partial charge in [-0.2, -0.15) is 0 Å². The van der Waals surface area contributed by atoms with Gasteiger partial charge in [0.2, 0.25) is 5.91 Å². The molecule has 0 atom stereocenters. The number of rotatable bonds is 6. The van der Waals surface area contributed by atoms with Crippen LogP contribution in [0.2, 0.25) is 0 Å². The van der Waals surface area contributed by atoms with Crippen LogP contribution in [0.1, 0.15) is 6.92 Å². The number of hydrogen-bond acceptors (Lipinski definition) is 4. The number of nitrogens with zero attached hydrogens (tertiary/aromatic N) is 3. The number of amides is 1. The summed E-state index contributed by atoms with van der Waals surface area (Å²) in [5, 5.41) is 2.97. The standard InChI is InChI=1S/C12H25N5O2.HI/c1-11(18)17-8-6-16(7-9-17)5-3-14-12(13)15-4-10-19-2;/h3-10H2,1-2H3,(H3,13,14,15);1H. The normalized spacial score (nSPS) is 16.7. The van der Waals surface area contributed by atoms with Gasteiger partial charge in [-0.05, 0) is 0 Å². The van der Waals surface area contributed by atoms with E-state index in [-0.39, 0.29) is 29.9 Å². The van der Waals surface area contributed by atoms with E-state index in [2.05, 4.69) is 15.2 Å².